The van der Waals surface area contributed by atoms with Crippen LogP contribution in [0.3, 0.4) is 0 Å². The summed E-state index contributed by atoms with van der Waals surface area (Å²) in [5.74, 6) is 1.98. The Labute approximate surface area is 136 Å². The molecule has 1 fully saturated rings. The number of hydrogen-bond donors (Lipinski definition) is 1. The lowest BCUT2D eigenvalue weighted by atomic mass is 10.1. The summed E-state index contributed by atoms with van der Waals surface area (Å²) in [6, 6.07) is 8.88. The highest BCUT2D eigenvalue weighted by molar-refractivity contribution is 5.35. The van der Waals surface area contributed by atoms with Crippen molar-refractivity contribution in [1.82, 2.24) is 5.32 Å². The Kier molecular flexibility index (Phi) is 7.79. The van der Waals surface area contributed by atoms with Crippen molar-refractivity contribution in [3.8, 4) is 5.75 Å². The predicted octanol–water partition coefficient (Wildman–Crippen LogP) is 5.49. The van der Waals surface area contributed by atoms with Gasteiger partial charge in [-0.2, -0.15) is 0 Å². The number of nitrogens with one attached hydrogen (secondary N) is 1. The first-order valence-electron chi connectivity index (χ1n) is 9.26. The number of unbranched alkanes of at least 4 members (excludes halogenated alkanes) is 5. The minimum absolute atomic E-state index is 0.376. The van der Waals surface area contributed by atoms with Crippen LogP contribution in [0.2, 0.25) is 0 Å². The molecule has 1 unspecified atom stereocenters. The number of rotatable bonds is 12. The molecule has 0 heterocycles. The number of ether oxygens (including phenoxy) is 1. The molecule has 0 amide bonds. The summed E-state index contributed by atoms with van der Waals surface area (Å²) >= 11 is 0. The molecule has 0 aromatic heterocycles. The van der Waals surface area contributed by atoms with Gasteiger partial charge in [-0.25, -0.2) is 0 Å². The molecule has 2 rings (SSSR count). The Balaban J connectivity index is 1.70. The van der Waals surface area contributed by atoms with Crippen molar-refractivity contribution in [2.75, 3.05) is 13.2 Å². The van der Waals surface area contributed by atoms with Crippen molar-refractivity contribution in [3.05, 3.63) is 29.8 Å². The molecule has 124 valence electrons. The molecule has 1 aliphatic carbocycles. The van der Waals surface area contributed by atoms with Crippen LogP contribution >= 0.6 is 0 Å². The molecule has 0 aliphatic heterocycles. The molecule has 0 spiro atoms. The van der Waals surface area contributed by atoms with Gasteiger partial charge in [0, 0.05) is 11.6 Å². The SMILES string of the molecule is CCCCCCCCOc1ccccc1C(C)NCC1CC1. The van der Waals surface area contributed by atoms with Crippen molar-refractivity contribution in [1.29, 1.82) is 0 Å². The van der Waals surface area contributed by atoms with Gasteiger partial charge in [-0.3, -0.25) is 0 Å². The van der Waals surface area contributed by atoms with Crippen LogP contribution in [0.4, 0.5) is 0 Å². The van der Waals surface area contributed by atoms with Crippen LogP contribution in [-0.2, 0) is 0 Å². The molecule has 1 aromatic rings. The van der Waals surface area contributed by atoms with Gasteiger partial charge in [-0.15, -0.1) is 0 Å². The molecular weight excluding hydrogens is 270 g/mol. The molecule has 0 saturated heterocycles. The first kappa shape index (κ1) is 17.3. The lowest BCUT2D eigenvalue weighted by Crippen LogP contribution is -2.21. The largest absolute Gasteiger partial charge is 0.493 e. The number of para-hydroxylation sites is 1. The van der Waals surface area contributed by atoms with Crippen molar-refractivity contribution in [2.45, 2.75) is 71.3 Å². The summed E-state index contributed by atoms with van der Waals surface area (Å²) < 4.78 is 6.05. The van der Waals surface area contributed by atoms with Gasteiger partial charge in [0.2, 0.25) is 0 Å². The monoisotopic (exact) mass is 303 g/mol. The molecule has 1 N–H and O–H groups in total. The van der Waals surface area contributed by atoms with Crippen LogP contribution < -0.4 is 10.1 Å². The van der Waals surface area contributed by atoms with E-state index in [4.69, 9.17) is 4.74 Å². The fourth-order valence-electron chi connectivity index (χ4n) is 2.81. The van der Waals surface area contributed by atoms with E-state index in [0.29, 0.717) is 6.04 Å². The van der Waals surface area contributed by atoms with Gasteiger partial charge in [0.15, 0.2) is 0 Å². The van der Waals surface area contributed by atoms with E-state index in [-0.39, 0.29) is 0 Å². The van der Waals surface area contributed by atoms with Crippen LogP contribution in [0.25, 0.3) is 0 Å². The summed E-state index contributed by atoms with van der Waals surface area (Å²) in [6.07, 6.45) is 10.7. The summed E-state index contributed by atoms with van der Waals surface area (Å²) in [5, 5.41) is 3.65. The highest BCUT2D eigenvalue weighted by Gasteiger charge is 2.22. The van der Waals surface area contributed by atoms with Crippen LogP contribution in [0.15, 0.2) is 24.3 Å². The first-order valence-corrected chi connectivity index (χ1v) is 9.26. The van der Waals surface area contributed by atoms with Crippen LogP contribution in [-0.4, -0.2) is 13.2 Å². The number of benzene rings is 1. The molecule has 1 aromatic carbocycles. The molecule has 1 atom stereocenters. The second-order valence-electron chi connectivity index (χ2n) is 6.73. The van der Waals surface area contributed by atoms with E-state index in [1.54, 1.807) is 0 Å². The van der Waals surface area contributed by atoms with Gasteiger partial charge in [0.1, 0.15) is 5.75 Å². The maximum absolute atomic E-state index is 6.05. The first-order chi connectivity index (χ1) is 10.8. The average molecular weight is 303 g/mol. The van der Waals surface area contributed by atoms with Crippen LogP contribution in [0.5, 0.6) is 5.75 Å². The Morgan fingerprint density at radius 3 is 2.59 bits per heavy atom. The predicted molar refractivity (Wildman–Crippen MR) is 94.5 cm³/mol. The van der Waals surface area contributed by atoms with Gasteiger partial charge < -0.3 is 10.1 Å². The standard InChI is InChI=1S/C20H33NO/c1-3-4-5-6-7-10-15-22-20-12-9-8-11-19(20)17(2)21-16-18-13-14-18/h8-9,11-12,17-18,21H,3-7,10,13-16H2,1-2H3. The lowest BCUT2D eigenvalue weighted by molar-refractivity contribution is 0.298. The third-order valence-corrected chi connectivity index (χ3v) is 4.55. The molecule has 2 nitrogen and oxygen atoms in total. The van der Waals surface area contributed by atoms with Gasteiger partial charge in [0.05, 0.1) is 6.61 Å². The van der Waals surface area contributed by atoms with E-state index in [2.05, 4.69) is 43.4 Å². The maximum Gasteiger partial charge on any atom is 0.124 e. The fourth-order valence-corrected chi connectivity index (χ4v) is 2.81. The van der Waals surface area contributed by atoms with Gasteiger partial charge >= 0.3 is 0 Å². The molecule has 0 radical (unpaired) electrons. The quantitative estimate of drug-likeness (QED) is 0.516. The van der Waals surface area contributed by atoms with Crippen molar-refractivity contribution in [2.24, 2.45) is 5.92 Å². The van der Waals surface area contributed by atoms with E-state index in [0.717, 1.165) is 24.8 Å². The van der Waals surface area contributed by atoms with E-state index in [1.807, 2.05) is 0 Å². The molecular formula is C20H33NO. The van der Waals surface area contributed by atoms with Gasteiger partial charge in [-0.05, 0) is 44.7 Å². The lowest BCUT2D eigenvalue weighted by Gasteiger charge is -2.18. The molecule has 2 heteroatoms. The third-order valence-electron chi connectivity index (χ3n) is 4.55. The Morgan fingerprint density at radius 2 is 1.82 bits per heavy atom. The highest BCUT2D eigenvalue weighted by atomic mass is 16.5. The fraction of sp³-hybridized carbons (Fsp3) is 0.700. The summed E-state index contributed by atoms with van der Waals surface area (Å²) in [6.45, 7) is 6.50. The highest BCUT2D eigenvalue weighted by Crippen LogP contribution is 2.30. The molecule has 0 bridgehead atoms. The smallest absolute Gasteiger partial charge is 0.124 e. The van der Waals surface area contributed by atoms with E-state index in [9.17, 15) is 0 Å². The zero-order chi connectivity index (χ0) is 15.6. The maximum atomic E-state index is 6.05. The topological polar surface area (TPSA) is 21.3 Å². The normalized spacial score (nSPS) is 15.7. The molecule has 1 saturated carbocycles. The van der Waals surface area contributed by atoms with Crippen molar-refractivity contribution in [3.63, 3.8) is 0 Å². The summed E-state index contributed by atoms with van der Waals surface area (Å²) in [7, 11) is 0. The van der Waals surface area contributed by atoms with Crippen molar-refractivity contribution >= 4 is 0 Å². The van der Waals surface area contributed by atoms with Crippen LogP contribution in [0.1, 0.15) is 76.8 Å². The molecule has 22 heavy (non-hydrogen) atoms. The zero-order valence-electron chi connectivity index (χ0n) is 14.4. The minimum atomic E-state index is 0.376. The Bertz CT molecular complexity index is 414. The second-order valence-corrected chi connectivity index (χ2v) is 6.73. The average Bonchev–Trinajstić information content (AvgIpc) is 3.36. The molecule has 1 aliphatic rings. The van der Waals surface area contributed by atoms with E-state index >= 15 is 0 Å². The number of hydrogen-bond acceptors (Lipinski definition) is 2. The Morgan fingerprint density at radius 1 is 1.09 bits per heavy atom. The Hall–Kier alpha value is -1.02. The van der Waals surface area contributed by atoms with Crippen LogP contribution in [0, 0.1) is 5.92 Å². The third kappa shape index (κ3) is 6.39. The minimum Gasteiger partial charge on any atom is -0.493 e. The summed E-state index contributed by atoms with van der Waals surface area (Å²) in [4.78, 5) is 0. The van der Waals surface area contributed by atoms with Gasteiger partial charge in [-0.1, -0.05) is 57.2 Å². The second kappa shape index (κ2) is 9.89. The summed E-state index contributed by atoms with van der Waals surface area (Å²) in [5.41, 5.74) is 1.30. The van der Waals surface area contributed by atoms with E-state index < -0.39 is 0 Å². The van der Waals surface area contributed by atoms with Gasteiger partial charge in [0.25, 0.3) is 0 Å². The van der Waals surface area contributed by atoms with E-state index in [1.165, 1.54) is 56.9 Å². The zero-order valence-corrected chi connectivity index (χ0v) is 14.4. The van der Waals surface area contributed by atoms with Crippen molar-refractivity contribution < 1.29 is 4.74 Å².